The molecule has 0 aromatic heterocycles. The monoisotopic (exact) mass is 550 g/mol. The Kier molecular flexibility index (Phi) is 21.8. The topological polar surface area (TPSA) is 24.7 Å². The van der Waals surface area contributed by atoms with Crippen LogP contribution in [0.3, 0.4) is 0 Å². The Hall–Kier alpha value is -1.57. The molecule has 0 amide bonds. The van der Waals surface area contributed by atoms with E-state index in [4.69, 9.17) is 9.98 Å². The SMILES string of the molecule is CCCCCCCCCCCCCCCCC(Cc1ccccc1)C(CCCCCCCCCC)[C+]1N=CC=N1. The third-order valence-electron chi connectivity index (χ3n) is 9.02. The van der Waals surface area contributed by atoms with E-state index >= 15 is 0 Å². The fourth-order valence-electron chi connectivity index (χ4n) is 6.48. The van der Waals surface area contributed by atoms with Gasteiger partial charge < -0.3 is 0 Å². The van der Waals surface area contributed by atoms with E-state index in [2.05, 4.69) is 44.2 Å². The van der Waals surface area contributed by atoms with Crippen LogP contribution in [0.4, 0.5) is 0 Å². The molecule has 1 aromatic carbocycles. The average molecular weight is 550 g/mol. The Morgan fingerprint density at radius 1 is 0.500 bits per heavy atom. The molecular formula is C38H65N2+. The Bertz CT molecular complexity index is 712. The first-order valence-electron chi connectivity index (χ1n) is 17.8. The molecule has 2 heteroatoms. The van der Waals surface area contributed by atoms with Gasteiger partial charge in [0.25, 0.3) is 0 Å². The minimum absolute atomic E-state index is 0.497. The van der Waals surface area contributed by atoms with E-state index in [1.54, 1.807) is 0 Å². The average Bonchev–Trinajstić information content (AvgIpc) is 3.51. The minimum Gasteiger partial charge on any atom is -0.0965 e. The highest BCUT2D eigenvalue weighted by molar-refractivity contribution is 6.18. The number of nitrogens with zero attached hydrogens (tertiary/aromatic N) is 2. The smallest absolute Gasteiger partial charge is 0.0965 e. The van der Waals surface area contributed by atoms with Gasteiger partial charge in [-0.05, 0) is 30.7 Å². The first kappa shape index (κ1) is 34.6. The van der Waals surface area contributed by atoms with Crippen LogP contribution in [0, 0.1) is 18.0 Å². The molecule has 0 spiro atoms. The maximum Gasteiger partial charge on any atom is 0.244 e. The maximum atomic E-state index is 4.73. The quantitative estimate of drug-likeness (QED) is 0.0733. The van der Waals surface area contributed by atoms with Crippen molar-refractivity contribution in [2.24, 2.45) is 21.8 Å². The maximum absolute atomic E-state index is 4.73. The molecular weight excluding hydrogens is 484 g/mol. The number of rotatable bonds is 28. The summed E-state index contributed by atoms with van der Waals surface area (Å²) in [4.78, 5) is 9.47. The van der Waals surface area contributed by atoms with Crippen molar-refractivity contribution in [3.05, 3.63) is 42.1 Å². The molecule has 0 radical (unpaired) electrons. The van der Waals surface area contributed by atoms with Gasteiger partial charge in [0.05, 0.1) is 5.92 Å². The molecule has 2 rings (SSSR count). The lowest BCUT2D eigenvalue weighted by Gasteiger charge is -2.26. The van der Waals surface area contributed by atoms with Crippen molar-refractivity contribution in [3.63, 3.8) is 0 Å². The van der Waals surface area contributed by atoms with Gasteiger partial charge in [-0.3, -0.25) is 0 Å². The highest BCUT2D eigenvalue weighted by atomic mass is 15.0. The number of unbranched alkanes of at least 4 members (excludes halogenated alkanes) is 20. The first-order valence-corrected chi connectivity index (χ1v) is 17.8. The van der Waals surface area contributed by atoms with Crippen molar-refractivity contribution >= 4 is 12.4 Å². The predicted octanol–water partition coefficient (Wildman–Crippen LogP) is 12.5. The van der Waals surface area contributed by atoms with Gasteiger partial charge in [-0.15, -0.1) is 0 Å². The first-order chi connectivity index (χ1) is 19.8. The summed E-state index contributed by atoms with van der Waals surface area (Å²) in [5, 5.41) is 0. The molecule has 1 heterocycles. The second-order valence-electron chi connectivity index (χ2n) is 12.6. The summed E-state index contributed by atoms with van der Waals surface area (Å²) >= 11 is 0. The van der Waals surface area contributed by atoms with Crippen molar-refractivity contribution in [1.29, 1.82) is 0 Å². The Morgan fingerprint density at radius 3 is 1.35 bits per heavy atom. The standard InChI is InChI=1S/C38H65N2/c1-3-5-7-9-11-13-14-15-16-17-18-19-21-26-30-36(34-35-28-24-23-25-29-35)37(38-39-32-33-40-38)31-27-22-20-12-10-8-6-4-2/h23-25,28-29,32-33,36-37H,3-22,26-27,30-31,34H2,1-2H3/q+1. The van der Waals surface area contributed by atoms with Crippen LogP contribution in [0.1, 0.15) is 174 Å². The molecule has 2 atom stereocenters. The van der Waals surface area contributed by atoms with Crippen molar-refractivity contribution < 1.29 is 0 Å². The lowest BCUT2D eigenvalue weighted by atomic mass is 9.78. The summed E-state index contributed by atoms with van der Waals surface area (Å²) in [5.74, 6) is 1.14. The summed E-state index contributed by atoms with van der Waals surface area (Å²) in [6.07, 6.45) is 39.6. The van der Waals surface area contributed by atoms with Gasteiger partial charge in [-0.1, -0.05) is 195 Å². The van der Waals surface area contributed by atoms with Crippen LogP contribution < -0.4 is 0 Å². The van der Waals surface area contributed by atoms with Crippen LogP contribution in [0.25, 0.3) is 0 Å². The van der Waals surface area contributed by atoms with Crippen molar-refractivity contribution in [3.8, 4) is 0 Å². The molecule has 1 aromatic rings. The van der Waals surface area contributed by atoms with Gasteiger partial charge in [-0.25, -0.2) is 0 Å². The zero-order chi connectivity index (χ0) is 28.4. The highest BCUT2D eigenvalue weighted by Gasteiger charge is 2.35. The second kappa shape index (κ2) is 25.2. The van der Waals surface area contributed by atoms with E-state index in [0.29, 0.717) is 11.8 Å². The third kappa shape index (κ3) is 17.3. The summed E-state index contributed by atoms with van der Waals surface area (Å²) < 4.78 is 0. The van der Waals surface area contributed by atoms with E-state index in [1.165, 1.54) is 160 Å². The minimum atomic E-state index is 0.497. The van der Waals surface area contributed by atoms with E-state index in [-0.39, 0.29) is 0 Å². The molecule has 0 bridgehead atoms. The normalized spacial score (nSPS) is 14.3. The molecule has 0 aliphatic carbocycles. The Labute approximate surface area is 250 Å². The molecule has 0 saturated heterocycles. The lowest BCUT2D eigenvalue weighted by molar-refractivity contribution is 0.284. The van der Waals surface area contributed by atoms with Crippen LogP contribution in [0.2, 0.25) is 0 Å². The molecule has 0 saturated carbocycles. The second-order valence-corrected chi connectivity index (χ2v) is 12.6. The van der Waals surface area contributed by atoms with E-state index in [1.807, 2.05) is 12.4 Å². The van der Waals surface area contributed by atoms with Gasteiger partial charge in [0.15, 0.2) is 12.4 Å². The zero-order valence-corrected chi connectivity index (χ0v) is 26.8. The summed E-state index contributed by atoms with van der Waals surface area (Å²) in [6.45, 7) is 4.61. The van der Waals surface area contributed by atoms with Gasteiger partial charge in [-0.2, -0.15) is 0 Å². The fraction of sp³-hybridized carbons (Fsp3) is 0.763. The zero-order valence-electron chi connectivity index (χ0n) is 26.8. The van der Waals surface area contributed by atoms with Crippen molar-refractivity contribution in [2.45, 2.75) is 174 Å². The Balaban J connectivity index is 1.70. The molecule has 0 fully saturated rings. The van der Waals surface area contributed by atoms with Crippen LogP contribution in [-0.2, 0) is 6.42 Å². The molecule has 2 unspecified atom stereocenters. The van der Waals surface area contributed by atoms with Gasteiger partial charge in [0.1, 0.15) is 0 Å². The number of hydrogen-bond donors (Lipinski definition) is 0. The molecule has 226 valence electrons. The van der Waals surface area contributed by atoms with E-state index < -0.39 is 0 Å². The van der Waals surface area contributed by atoms with Gasteiger partial charge >= 0.3 is 0 Å². The third-order valence-corrected chi connectivity index (χ3v) is 9.02. The summed E-state index contributed by atoms with van der Waals surface area (Å²) in [5.41, 5.74) is 1.48. The van der Waals surface area contributed by atoms with Gasteiger partial charge in [0, 0.05) is 0 Å². The van der Waals surface area contributed by atoms with Crippen LogP contribution in [-0.4, -0.2) is 12.4 Å². The van der Waals surface area contributed by atoms with E-state index in [0.717, 1.165) is 12.6 Å². The number of benzene rings is 1. The predicted molar refractivity (Wildman–Crippen MR) is 180 cm³/mol. The van der Waals surface area contributed by atoms with E-state index in [9.17, 15) is 0 Å². The molecule has 1 aliphatic heterocycles. The molecule has 40 heavy (non-hydrogen) atoms. The highest BCUT2D eigenvalue weighted by Crippen LogP contribution is 2.37. The number of hydrogen-bond acceptors (Lipinski definition) is 2. The van der Waals surface area contributed by atoms with Crippen molar-refractivity contribution in [1.82, 2.24) is 0 Å². The summed E-state index contributed by atoms with van der Waals surface area (Å²) in [6, 6.07) is 11.2. The number of aliphatic imine (C=N–C) groups is 2. The van der Waals surface area contributed by atoms with Gasteiger partial charge in [0.2, 0.25) is 6.17 Å². The Morgan fingerprint density at radius 2 is 0.900 bits per heavy atom. The van der Waals surface area contributed by atoms with Crippen LogP contribution in [0.15, 0.2) is 40.3 Å². The van der Waals surface area contributed by atoms with Crippen LogP contribution >= 0.6 is 0 Å². The molecule has 1 aliphatic rings. The lowest BCUT2D eigenvalue weighted by Crippen LogP contribution is -2.22. The summed E-state index contributed by atoms with van der Waals surface area (Å²) in [7, 11) is 0. The van der Waals surface area contributed by atoms with Crippen LogP contribution in [0.5, 0.6) is 0 Å². The van der Waals surface area contributed by atoms with Crippen molar-refractivity contribution in [2.75, 3.05) is 0 Å². The largest absolute Gasteiger partial charge is 0.244 e. The fourth-order valence-corrected chi connectivity index (χ4v) is 6.48. The molecule has 2 nitrogen and oxygen atoms in total. The molecule has 0 N–H and O–H groups in total.